The minimum atomic E-state index is 0.307. The molecule has 0 radical (unpaired) electrons. The molecule has 2 aromatic rings. The van der Waals surface area contributed by atoms with Crippen LogP contribution in [-0.4, -0.2) is 38.0 Å². The lowest BCUT2D eigenvalue weighted by molar-refractivity contribution is 0.298. The van der Waals surface area contributed by atoms with Crippen LogP contribution in [0.1, 0.15) is 24.1 Å². The number of guanidine groups is 1. The first-order valence-corrected chi connectivity index (χ1v) is 8.89. The van der Waals surface area contributed by atoms with Gasteiger partial charge in [0.1, 0.15) is 0 Å². The molecule has 2 rings (SSSR count). The highest BCUT2D eigenvalue weighted by Crippen LogP contribution is 2.16. The summed E-state index contributed by atoms with van der Waals surface area (Å²) >= 11 is 1.71. The molecule has 0 amide bonds. The Kier molecular flexibility index (Phi) is 7.10. The third-order valence-electron chi connectivity index (χ3n) is 3.61. The second-order valence-corrected chi connectivity index (χ2v) is 6.38. The van der Waals surface area contributed by atoms with Crippen LogP contribution in [0.3, 0.4) is 0 Å². The standard InChI is InChI=1S/C18H26N4S/c1-4-19-18(20-12-15-10-11-23-14-15)21-13-17(22(2)3)16-8-6-5-7-9-16/h5-11,14,17H,4,12-13H2,1-3H3,(H2,19,20,21). The maximum Gasteiger partial charge on any atom is 0.191 e. The van der Waals surface area contributed by atoms with Crippen LogP contribution in [0.5, 0.6) is 0 Å². The van der Waals surface area contributed by atoms with Gasteiger partial charge in [-0.15, -0.1) is 0 Å². The predicted molar refractivity (Wildman–Crippen MR) is 100 cm³/mol. The van der Waals surface area contributed by atoms with E-state index in [1.165, 1.54) is 11.1 Å². The molecule has 1 aromatic heterocycles. The molecule has 1 heterocycles. The van der Waals surface area contributed by atoms with Gasteiger partial charge in [-0.2, -0.15) is 11.3 Å². The number of nitrogens with one attached hydrogen (secondary N) is 2. The maximum atomic E-state index is 4.66. The average molecular weight is 331 g/mol. The molecule has 0 fully saturated rings. The van der Waals surface area contributed by atoms with Gasteiger partial charge in [0.05, 0.1) is 12.6 Å². The predicted octanol–water partition coefficient (Wildman–Crippen LogP) is 3.11. The topological polar surface area (TPSA) is 39.7 Å². The second kappa shape index (κ2) is 9.33. The van der Waals surface area contributed by atoms with Gasteiger partial charge in [0.25, 0.3) is 0 Å². The van der Waals surface area contributed by atoms with Gasteiger partial charge in [0.2, 0.25) is 0 Å². The van der Waals surface area contributed by atoms with Gasteiger partial charge in [0.15, 0.2) is 5.96 Å². The molecule has 0 aliphatic carbocycles. The molecule has 0 saturated heterocycles. The summed E-state index contributed by atoms with van der Waals surface area (Å²) in [7, 11) is 4.21. The van der Waals surface area contributed by atoms with Gasteiger partial charge in [-0.3, -0.25) is 0 Å². The molecule has 0 bridgehead atoms. The van der Waals surface area contributed by atoms with Crippen LogP contribution >= 0.6 is 11.3 Å². The fraction of sp³-hybridized carbons (Fsp3) is 0.389. The van der Waals surface area contributed by atoms with Gasteiger partial charge in [-0.05, 0) is 49.0 Å². The Morgan fingerprint density at radius 2 is 1.96 bits per heavy atom. The van der Waals surface area contributed by atoms with E-state index in [-0.39, 0.29) is 0 Å². The normalized spacial score (nSPS) is 13.1. The fourth-order valence-electron chi connectivity index (χ4n) is 2.36. The number of benzene rings is 1. The van der Waals surface area contributed by atoms with Crippen molar-refractivity contribution in [3.8, 4) is 0 Å². The molecule has 4 nitrogen and oxygen atoms in total. The Morgan fingerprint density at radius 1 is 1.17 bits per heavy atom. The molecular weight excluding hydrogens is 304 g/mol. The number of likely N-dealkylation sites (N-methyl/N-ethyl adjacent to an activating group) is 1. The highest BCUT2D eigenvalue weighted by Gasteiger charge is 2.14. The Bertz CT molecular complexity index is 578. The number of thiophene rings is 1. The van der Waals surface area contributed by atoms with Crippen molar-refractivity contribution in [1.82, 2.24) is 15.5 Å². The summed E-state index contributed by atoms with van der Waals surface area (Å²) in [6, 6.07) is 13.0. The highest BCUT2D eigenvalue weighted by molar-refractivity contribution is 7.07. The number of hydrogen-bond donors (Lipinski definition) is 2. The summed E-state index contributed by atoms with van der Waals surface area (Å²) in [5, 5.41) is 11.0. The molecule has 23 heavy (non-hydrogen) atoms. The van der Waals surface area contributed by atoms with Crippen LogP contribution in [0.15, 0.2) is 52.2 Å². The van der Waals surface area contributed by atoms with E-state index in [1.807, 2.05) is 0 Å². The average Bonchev–Trinajstić information content (AvgIpc) is 3.07. The van der Waals surface area contributed by atoms with Crippen LogP contribution in [-0.2, 0) is 6.54 Å². The summed E-state index contributed by atoms with van der Waals surface area (Å²) < 4.78 is 0. The first kappa shape index (κ1) is 17.5. The Labute approximate surface area is 143 Å². The smallest absolute Gasteiger partial charge is 0.191 e. The van der Waals surface area contributed by atoms with Crippen molar-refractivity contribution in [3.05, 3.63) is 58.3 Å². The zero-order chi connectivity index (χ0) is 16.5. The molecule has 2 N–H and O–H groups in total. The molecule has 0 aliphatic rings. The van der Waals surface area contributed by atoms with Crippen molar-refractivity contribution >= 4 is 17.3 Å². The summed E-state index contributed by atoms with van der Waals surface area (Å²) in [5.74, 6) is 0.862. The molecule has 0 aliphatic heterocycles. The van der Waals surface area contributed by atoms with Crippen molar-refractivity contribution in [1.29, 1.82) is 0 Å². The van der Waals surface area contributed by atoms with E-state index in [1.54, 1.807) is 11.3 Å². The minimum absolute atomic E-state index is 0.307. The van der Waals surface area contributed by atoms with Gasteiger partial charge in [-0.1, -0.05) is 30.3 Å². The SMILES string of the molecule is CCNC(=NCc1ccsc1)NCC(c1ccccc1)N(C)C. The van der Waals surface area contributed by atoms with Crippen molar-refractivity contribution in [2.75, 3.05) is 27.2 Å². The monoisotopic (exact) mass is 330 g/mol. The molecule has 1 unspecified atom stereocenters. The van der Waals surface area contributed by atoms with Crippen molar-refractivity contribution in [2.24, 2.45) is 4.99 Å². The van der Waals surface area contributed by atoms with E-state index in [9.17, 15) is 0 Å². The molecule has 0 saturated carbocycles. The summed E-state index contributed by atoms with van der Waals surface area (Å²) in [6.45, 7) is 4.46. The first-order valence-electron chi connectivity index (χ1n) is 7.95. The van der Waals surface area contributed by atoms with E-state index in [0.717, 1.165) is 19.0 Å². The number of nitrogens with zero attached hydrogens (tertiary/aromatic N) is 2. The highest BCUT2D eigenvalue weighted by atomic mass is 32.1. The van der Waals surface area contributed by atoms with Crippen LogP contribution in [0.4, 0.5) is 0 Å². The number of hydrogen-bond acceptors (Lipinski definition) is 3. The molecule has 1 atom stereocenters. The summed E-state index contributed by atoms with van der Waals surface area (Å²) in [4.78, 5) is 6.89. The summed E-state index contributed by atoms with van der Waals surface area (Å²) in [5.41, 5.74) is 2.55. The van der Waals surface area contributed by atoms with Gasteiger partial charge in [-0.25, -0.2) is 4.99 Å². The zero-order valence-corrected chi connectivity index (χ0v) is 14.9. The fourth-order valence-corrected chi connectivity index (χ4v) is 3.02. The van der Waals surface area contributed by atoms with Gasteiger partial charge < -0.3 is 15.5 Å². The zero-order valence-electron chi connectivity index (χ0n) is 14.1. The van der Waals surface area contributed by atoms with Crippen molar-refractivity contribution < 1.29 is 0 Å². The van der Waals surface area contributed by atoms with Crippen molar-refractivity contribution in [3.63, 3.8) is 0 Å². The maximum absolute atomic E-state index is 4.66. The molecule has 1 aromatic carbocycles. The Hall–Kier alpha value is -1.85. The van der Waals surface area contributed by atoms with Crippen LogP contribution < -0.4 is 10.6 Å². The quantitative estimate of drug-likeness (QED) is 0.605. The van der Waals surface area contributed by atoms with E-state index in [4.69, 9.17) is 0 Å². The van der Waals surface area contributed by atoms with Gasteiger partial charge >= 0.3 is 0 Å². The largest absolute Gasteiger partial charge is 0.357 e. The van der Waals surface area contributed by atoms with Crippen LogP contribution in [0.25, 0.3) is 0 Å². The van der Waals surface area contributed by atoms with E-state index in [2.05, 4.69) is 88.7 Å². The summed E-state index contributed by atoms with van der Waals surface area (Å²) in [6.07, 6.45) is 0. The number of aliphatic imine (C=N–C) groups is 1. The van der Waals surface area contributed by atoms with E-state index >= 15 is 0 Å². The molecule has 5 heteroatoms. The van der Waals surface area contributed by atoms with Crippen LogP contribution in [0.2, 0.25) is 0 Å². The lowest BCUT2D eigenvalue weighted by Gasteiger charge is -2.26. The van der Waals surface area contributed by atoms with Gasteiger partial charge in [0, 0.05) is 13.1 Å². The van der Waals surface area contributed by atoms with E-state index in [0.29, 0.717) is 12.6 Å². The van der Waals surface area contributed by atoms with E-state index < -0.39 is 0 Å². The Balaban J connectivity index is 1.99. The van der Waals surface area contributed by atoms with Crippen molar-refractivity contribution in [2.45, 2.75) is 19.5 Å². The second-order valence-electron chi connectivity index (χ2n) is 5.60. The van der Waals surface area contributed by atoms with Crippen LogP contribution in [0, 0.1) is 0 Å². The first-order chi connectivity index (χ1) is 11.2. The lowest BCUT2D eigenvalue weighted by Crippen LogP contribution is -2.41. The third-order valence-corrected chi connectivity index (χ3v) is 4.35. The Morgan fingerprint density at radius 3 is 2.57 bits per heavy atom. The lowest BCUT2D eigenvalue weighted by atomic mass is 10.1. The molecule has 0 spiro atoms. The third kappa shape index (κ3) is 5.69. The molecular formula is C18H26N4S. The minimum Gasteiger partial charge on any atom is -0.357 e. The number of rotatable bonds is 7. The molecule has 124 valence electrons.